The van der Waals surface area contributed by atoms with E-state index in [0.717, 1.165) is 0 Å². The van der Waals surface area contributed by atoms with Crippen LogP contribution in [-0.2, 0) is 4.79 Å². The summed E-state index contributed by atoms with van der Waals surface area (Å²) < 4.78 is 0. The summed E-state index contributed by atoms with van der Waals surface area (Å²) >= 11 is 0. The third-order valence-corrected chi connectivity index (χ3v) is 2.86. The van der Waals surface area contributed by atoms with Crippen LogP contribution in [0.3, 0.4) is 0 Å². The van der Waals surface area contributed by atoms with Gasteiger partial charge < -0.3 is 15.5 Å². The first kappa shape index (κ1) is 15.0. The van der Waals surface area contributed by atoms with Crippen molar-refractivity contribution in [2.75, 3.05) is 0 Å². The molecular weight excluding hydrogens is 246 g/mol. The molecule has 0 saturated carbocycles. The van der Waals surface area contributed by atoms with Gasteiger partial charge in [-0.25, -0.2) is 4.79 Å². The van der Waals surface area contributed by atoms with Gasteiger partial charge in [-0.05, 0) is 31.4 Å². The highest BCUT2D eigenvalue weighted by Crippen LogP contribution is 2.19. The van der Waals surface area contributed by atoms with Crippen LogP contribution in [0.25, 0.3) is 0 Å². The van der Waals surface area contributed by atoms with Gasteiger partial charge in [-0.15, -0.1) is 0 Å². The maximum Gasteiger partial charge on any atom is 0.326 e. The minimum absolute atomic E-state index is 0.0170. The number of aromatic hydroxyl groups is 1. The number of aliphatic carboxylic acids is 1. The van der Waals surface area contributed by atoms with Gasteiger partial charge in [0.15, 0.2) is 0 Å². The molecule has 1 aromatic carbocycles. The van der Waals surface area contributed by atoms with E-state index in [1.54, 1.807) is 19.1 Å². The molecular formula is C14H19NO4. The van der Waals surface area contributed by atoms with Gasteiger partial charge in [0.05, 0.1) is 0 Å². The van der Waals surface area contributed by atoms with Crippen LogP contribution in [0.15, 0.2) is 18.2 Å². The van der Waals surface area contributed by atoms with Crippen molar-refractivity contribution in [2.24, 2.45) is 5.92 Å². The van der Waals surface area contributed by atoms with E-state index in [2.05, 4.69) is 5.32 Å². The molecule has 0 radical (unpaired) electrons. The zero-order valence-corrected chi connectivity index (χ0v) is 11.3. The molecule has 0 aliphatic rings. The lowest BCUT2D eigenvalue weighted by atomic mass is 10.0. The predicted molar refractivity (Wildman–Crippen MR) is 71.2 cm³/mol. The number of hydrogen-bond acceptors (Lipinski definition) is 3. The van der Waals surface area contributed by atoms with E-state index in [-0.39, 0.29) is 17.2 Å². The Hall–Kier alpha value is -2.04. The summed E-state index contributed by atoms with van der Waals surface area (Å²) in [7, 11) is 0. The molecule has 19 heavy (non-hydrogen) atoms. The fourth-order valence-electron chi connectivity index (χ4n) is 1.80. The average Bonchev–Trinajstić information content (AvgIpc) is 2.31. The number of phenols is 1. The van der Waals surface area contributed by atoms with Crippen LogP contribution in [0, 0.1) is 12.8 Å². The van der Waals surface area contributed by atoms with Gasteiger partial charge in [-0.1, -0.05) is 19.9 Å². The smallest absolute Gasteiger partial charge is 0.326 e. The topological polar surface area (TPSA) is 86.6 Å². The lowest BCUT2D eigenvalue weighted by molar-refractivity contribution is -0.139. The van der Waals surface area contributed by atoms with Crippen molar-refractivity contribution >= 4 is 11.9 Å². The first-order chi connectivity index (χ1) is 8.82. The lowest BCUT2D eigenvalue weighted by Crippen LogP contribution is -2.41. The normalized spacial score (nSPS) is 12.2. The van der Waals surface area contributed by atoms with E-state index < -0.39 is 17.9 Å². The molecule has 1 atom stereocenters. The third-order valence-electron chi connectivity index (χ3n) is 2.86. The number of benzene rings is 1. The van der Waals surface area contributed by atoms with E-state index in [1.165, 1.54) is 6.07 Å². The maximum absolute atomic E-state index is 12.0. The highest BCUT2D eigenvalue weighted by molar-refractivity contribution is 5.98. The fourth-order valence-corrected chi connectivity index (χ4v) is 1.80. The zero-order valence-electron chi connectivity index (χ0n) is 11.3. The number of hydrogen-bond donors (Lipinski definition) is 3. The summed E-state index contributed by atoms with van der Waals surface area (Å²) in [5, 5.41) is 21.1. The van der Waals surface area contributed by atoms with Crippen LogP contribution in [0.4, 0.5) is 0 Å². The molecule has 1 unspecified atom stereocenters. The van der Waals surface area contributed by atoms with Gasteiger partial charge in [0.25, 0.3) is 5.91 Å². The standard InChI is InChI=1S/C14H19NO4/c1-8(2)7-11(14(18)19)15-13(17)10-5-4-6-12(16)9(10)3/h4-6,8,11,16H,7H2,1-3H3,(H,15,17)(H,18,19). The Balaban J connectivity index is 2.88. The Labute approximate surface area is 112 Å². The number of rotatable bonds is 5. The lowest BCUT2D eigenvalue weighted by Gasteiger charge is -2.17. The fraction of sp³-hybridized carbons (Fsp3) is 0.429. The van der Waals surface area contributed by atoms with Gasteiger partial charge >= 0.3 is 5.97 Å². The number of carbonyl (C=O) groups excluding carboxylic acids is 1. The molecule has 0 aromatic heterocycles. The van der Waals surface area contributed by atoms with Crippen LogP contribution in [-0.4, -0.2) is 28.1 Å². The zero-order chi connectivity index (χ0) is 14.6. The summed E-state index contributed by atoms with van der Waals surface area (Å²) in [6, 6.07) is 3.66. The third kappa shape index (κ3) is 3.98. The van der Waals surface area contributed by atoms with Gasteiger partial charge in [-0.2, -0.15) is 0 Å². The van der Waals surface area contributed by atoms with E-state index in [4.69, 9.17) is 5.11 Å². The van der Waals surface area contributed by atoms with E-state index in [1.807, 2.05) is 13.8 Å². The summed E-state index contributed by atoms with van der Waals surface area (Å²) in [5.74, 6) is -1.36. The Morgan fingerprint density at radius 2 is 1.95 bits per heavy atom. The van der Waals surface area contributed by atoms with Crippen molar-refractivity contribution in [3.05, 3.63) is 29.3 Å². The minimum Gasteiger partial charge on any atom is -0.508 e. The second-order valence-corrected chi connectivity index (χ2v) is 4.94. The van der Waals surface area contributed by atoms with Gasteiger partial charge in [0.2, 0.25) is 0 Å². The Kier molecular flexibility index (Phi) is 4.92. The molecule has 0 bridgehead atoms. The highest BCUT2D eigenvalue weighted by Gasteiger charge is 2.22. The summed E-state index contributed by atoms with van der Waals surface area (Å²) in [6.07, 6.45) is 0.360. The molecule has 0 fully saturated rings. The van der Waals surface area contributed by atoms with Crippen molar-refractivity contribution in [2.45, 2.75) is 33.2 Å². The van der Waals surface area contributed by atoms with Crippen molar-refractivity contribution in [3.63, 3.8) is 0 Å². The molecule has 0 aliphatic heterocycles. The van der Waals surface area contributed by atoms with Crippen LogP contribution in [0.1, 0.15) is 36.2 Å². The van der Waals surface area contributed by atoms with Gasteiger partial charge in [0, 0.05) is 11.1 Å². The molecule has 0 aliphatic carbocycles. The number of carbonyl (C=O) groups is 2. The molecule has 0 spiro atoms. The maximum atomic E-state index is 12.0. The number of nitrogens with one attached hydrogen (secondary N) is 1. The van der Waals surface area contributed by atoms with Gasteiger partial charge in [-0.3, -0.25) is 4.79 Å². The molecule has 104 valence electrons. The molecule has 5 nitrogen and oxygen atoms in total. The summed E-state index contributed by atoms with van der Waals surface area (Å²) in [4.78, 5) is 23.1. The molecule has 1 amide bonds. The van der Waals surface area contributed by atoms with Crippen molar-refractivity contribution < 1.29 is 19.8 Å². The monoisotopic (exact) mass is 265 g/mol. The second-order valence-electron chi connectivity index (χ2n) is 4.94. The molecule has 3 N–H and O–H groups in total. The second kappa shape index (κ2) is 6.22. The summed E-state index contributed by atoms with van der Waals surface area (Å²) in [5.41, 5.74) is 0.726. The quantitative estimate of drug-likeness (QED) is 0.759. The average molecular weight is 265 g/mol. The molecule has 0 saturated heterocycles. The van der Waals surface area contributed by atoms with Crippen LogP contribution < -0.4 is 5.32 Å². The number of carboxylic acids is 1. The first-order valence-electron chi connectivity index (χ1n) is 6.15. The number of carboxylic acid groups (broad SMARTS) is 1. The first-order valence-corrected chi connectivity index (χ1v) is 6.15. The van der Waals surface area contributed by atoms with Crippen LogP contribution >= 0.6 is 0 Å². The van der Waals surface area contributed by atoms with E-state index >= 15 is 0 Å². The predicted octanol–water partition coefficient (Wildman–Crippen LogP) is 1.93. The molecule has 1 aromatic rings. The molecule has 0 heterocycles. The number of amides is 1. The van der Waals surface area contributed by atoms with Crippen LogP contribution in [0.2, 0.25) is 0 Å². The van der Waals surface area contributed by atoms with Crippen molar-refractivity contribution in [1.29, 1.82) is 0 Å². The SMILES string of the molecule is Cc1c(O)cccc1C(=O)NC(CC(C)C)C(=O)O. The van der Waals surface area contributed by atoms with Crippen molar-refractivity contribution in [3.8, 4) is 5.75 Å². The van der Waals surface area contributed by atoms with Crippen molar-refractivity contribution in [1.82, 2.24) is 5.32 Å². The minimum atomic E-state index is -1.06. The molecule has 5 heteroatoms. The largest absolute Gasteiger partial charge is 0.508 e. The van der Waals surface area contributed by atoms with E-state index in [0.29, 0.717) is 12.0 Å². The Morgan fingerprint density at radius 1 is 1.32 bits per heavy atom. The number of phenolic OH excluding ortho intramolecular Hbond substituents is 1. The highest BCUT2D eigenvalue weighted by atomic mass is 16.4. The molecule has 1 rings (SSSR count). The Bertz CT molecular complexity index is 482. The summed E-state index contributed by atoms with van der Waals surface area (Å²) in [6.45, 7) is 5.39. The Morgan fingerprint density at radius 3 is 2.47 bits per heavy atom. The van der Waals surface area contributed by atoms with Crippen LogP contribution in [0.5, 0.6) is 5.75 Å². The van der Waals surface area contributed by atoms with Gasteiger partial charge in [0.1, 0.15) is 11.8 Å². The van der Waals surface area contributed by atoms with E-state index in [9.17, 15) is 14.7 Å².